The van der Waals surface area contributed by atoms with Crippen molar-refractivity contribution in [3.8, 4) is 0 Å². The zero-order valence-corrected chi connectivity index (χ0v) is 9.47. The van der Waals surface area contributed by atoms with E-state index < -0.39 is 11.6 Å². The highest BCUT2D eigenvalue weighted by Gasteiger charge is 2.11. The Balaban J connectivity index is 2.70. The van der Waals surface area contributed by atoms with Crippen LogP contribution in [0.5, 0.6) is 0 Å². The van der Waals surface area contributed by atoms with E-state index in [-0.39, 0.29) is 6.04 Å². The molecule has 0 amide bonds. The van der Waals surface area contributed by atoms with Crippen molar-refractivity contribution < 1.29 is 8.78 Å². The van der Waals surface area contributed by atoms with E-state index >= 15 is 0 Å². The molecule has 1 aromatic carbocycles. The summed E-state index contributed by atoms with van der Waals surface area (Å²) in [6, 6.07) is 4.11. The Labute approximate surface area is 95.2 Å². The fourth-order valence-corrected chi connectivity index (χ4v) is 1.67. The van der Waals surface area contributed by atoms with E-state index in [0.29, 0.717) is 0 Å². The Morgan fingerprint density at radius 1 is 1.38 bits per heavy atom. The predicted molar refractivity (Wildman–Crippen MR) is 62.2 cm³/mol. The second kappa shape index (κ2) is 6.38. The molecule has 1 aromatic rings. The second-order valence-electron chi connectivity index (χ2n) is 3.73. The van der Waals surface area contributed by atoms with Crippen LogP contribution >= 0.6 is 0 Å². The van der Waals surface area contributed by atoms with Crippen molar-refractivity contribution in [1.82, 2.24) is 5.32 Å². The van der Waals surface area contributed by atoms with E-state index in [0.717, 1.165) is 24.8 Å². The number of allylic oxidation sites excluding steroid dienone is 1. The van der Waals surface area contributed by atoms with Crippen molar-refractivity contribution in [2.24, 2.45) is 0 Å². The molecule has 0 aromatic heterocycles. The first-order valence-corrected chi connectivity index (χ1v) is 5.42. The van der Waals surface area contributed by atoms with Gasteiger partial charge in [-0.3, -0.25) is 0 Å². The number of hydrogen-bond acceptors (Lipinski definition) is 1. The molecule has 0 fully saturated rings. The third-order valence-corrected chi connectivity index (χ3v) is 2.60. The van der Waals surface area contributed by atoms with Gasteiger partial charge in [0.05, 0.1) is 0 Å². The van der Waals surface area contributed by atoms with Crippen molar-refractivity contribution >= 4 is 0 Å². The van der Waals surface area contributed by atoms with Crippen LogP contribution in [-0.4, -0.2) is 7.05 Å². The average molecular weight is 225 g/mol. The van der Waals surface area contributed by atoms with E-state index in [2.05, 4.69) is 11.9 Å². The normalized spacial score (nSPS) is 12.4. The zero-order valence-electron chi connectivity index (χ0n) is 9.47. The number of hydrogen-bond donors (Lipinski definition) is 1. The molecule has 1 atom stereocenters. The van der Waals surface area contributed by atoms with Crippen LogP contribution in [0.4, 0.5) is 8.78 Å². The molecule has 88 valence electrons. The number of rotatable bonds is 6. The van der Waals surface area contributed by atoms with Crippen LogP contribution in [0, 0.1) is 11.6 Å². The zero-order chi connectivity index (χ0) is 12.0. The first kappa shape index (κ1) is 12.8. The molecule has 0 heterocycles. The van der Waals surface area contributed by atoms with Gasteiger partial charge in [-0.1, -0.05) is 12.1 Å². The minimum atomic E-state index is -0.801. The molecule has 1 rings (SSSR count). The van der Waals surface area contributed by atoms with Gasteiger partial charge in [0.15, 0.2) is 11.6 Å². The first-order valence-electron chi connectivity index (χ1n) is 5.42. The monoisotopic (exact) mass is 225 g/mol. The van der Waals surface area contributed by atoms with Crippen LogP contribution in [0.2, 0.25) is 0 Å². The van der Waals surface area contributed by atoms with Gasteiger partial charge in [-0.15, -0.1) is 6.58 Å². The molecule has 16 heavy (non-hydrogen) atoms. The number of benzene rings is 1. The summed E-state index contributed by atoms with van der Waals surface area (Å²) in [5, 5.41) is 3.10. The summed E-state index contributed by atoms with van der Waals surface area (Å²) < 4.78 is 25.8. The Hall–Kier alpha value is -1.22. The van der Waals surface area contributed by atoms with Gasteiger partial charge < -0.3 is 5.32 Å². The molecule has 1 unspecified atom stereocenters. The summed E-state index contributed by atoms with van der Waals surface area (Å²) in [5.41, 5.74) is 0.783. The van der Waals surface area contributed by atoms with Gasteiger partial charge in [0.2, 0.25) is 0 Å². The van der Waals surface area contributed by atoms with Crippen LogP contribution in [-0.2, 0) is 0 Å². The molecular weight excluding hydrogens is 208 g/mol. The maximum Gasteiger partial charge on any atom is 0.159 e. The lowest BCUT2D eigenvalue weighted by molar-refractivity contribution is 0.493. The Morgan fingerprint density at radius 3 is 2.69 bits per heavy atom. The predicted octanol–water partition coefficient (Wildman–Crippen LogP) is 3.58. The molecule has 0 radical (unpaired) electrons. The summed E-state index contributed by atoms with van der Waals surface area (Å²) in [5.74, 6) is -1.59. The molecule has 0 spiro atoms. The number of halogens is 2. The van der Waals surface area contributed by atoms with Gasteiger partial charge in [-0.25, -0.2) is 8.78 Å². The molecule has 3 heteroatoms. The summed E-state index contributed by atoms with van der Waals surface area (Å²) in [7, 11) is 1.82. The van der Waals surface area contributed by atoms with Gasteiger partial charge in [0.1, 0.15) is 0 Å². The quantitative estimate of drug-likeness (QED) is 0.576. The van der Waals surface area contributed by atoms with Gasteiger partial charge in [0, 0.05) is 6.04 Å². The minimum absolute atomic E-state index is 0.0649. The topological polar surface area (TPSA) is 12.0 Å². The van der Waals surface area contributed by atoms with E-state index in [1.807, 2.05) is 13.1 Å². The highest BCUT2D eigenvalue weighted by molar-refractivity contribution is 5.21. The van der Waals surface area contributed by atoms with Gasteiger partial charge in [0.25, 0.3) is 0 Å². The maximum atomic E-state index is 13.0. The first-order chi connectivity index (χ1) is 7.69. The standard InChI is InChI=1S/C13H17F2N/c1-3-4-5-6-13(16-2)10-7-8-11(14)12(15)9-10/h3,7-9,13,16H,1,4-6H2,2H3. The summed E-state index contributed by atoms with van der Waals surface area (Å²) in [6.07, 6.45) is 4.65. The second-order valence-corrected chi connectivity index (χ2v) is 3.73. The smallest absolute Gasteiger partial charge is 0.159 e. The van der Waals surface area contributed by atoms with Crippen molar-refractivity contribution in [1.29, 1.82) is 0 Å². The van der Waals surface area contributed by atoms with Crippen LogP contribution in [0.15, 0.2) is 30.9 Å². The van der Waals surface area contributed by atoms with Gasteiger partial charge in [-0.2, -0.15) is 0 Å². The van der Waals surface area contributed by atoms with Crippen molar-refractivity contribution in [3.63, 3.8) is 0 Å². The third-order valence-electron chi connectivity index (χ3n) is 2.60. The van der Waals surface area contributed by atoms with E-state index in [1.165, 1.54) is 12.1 Å². The van der Waals surface area contributed by atoms with Crippen molar-refractivity contribution in [3.05, 3.63) is 48.1 Å². The lowest BCUT2D eigenvalue weighted by atomic mass is 10.0. The van der Waals surface area contributed by atoms with E-state index in [4.69, 9.17) is 0 Å². The Bertz CT molecular complexity index is 350. The lowest BCUT2D eigenvalue weighted by Gasteiger charge is -2.16. The molecule has 0 aliphatic carbocycles. The Morgan fingerprint density at radius 2 is 2.12 bits per heavy atom. The highest BCUT2D eigenvalue weighted by atomic mass is 19.2. The Kier molecular flexibility index (Phi) is 5.12. The SMILES string of the molecule is C=CCCCC(NC)c1ccc(F)c(F)c1. The lowest BCUT2D eigenvalue weighted by Crippen LogP contribution is -2.16. The van der Waals surface area contributed by atoms with Crippen LogP contribution in [0.25, 0.3) is 0 Å². The summed E-state index contributed by atoms with van der Waals surface area (Å²) in [6.45, 7) is 3.65. The van der Waals surface area contributed by atoms with E-state index in [9.17, 15) is 8.78 Å². The number of unbranched alkanes of at least 4 members (excludes halogenated alkanes) is 1. The van der Waals surface area contributed by atoms with Gasteiger partial charge in [-0.05, 0) is 44.0 Å². The maximum absolute atomic E-state index is 13.0. The van der Waals surface area contributed by atoms with Crippen LogP contribution in [0.1, 0.15) is 30.9 Å². The largest absolute Gasteiger partial charge is 0.313 e. The minimum Gasteiger partial charge on any atom is -0.313 e. The summed E-state index contributed by atoms with van der Waals surface area (Å²) >= 11 is 0. The molecule has 0 bridgehead atoms. The van der Waals surface area contributed by atoms with Crippen LogP contribution < -0.4 is 5.32 Å². The average Bonchev–Trinajstić information content (AvgIpc) is 2.29. The van der Waals surface area contributed by atoms with Crippen LogP contribution in [0.3, 0.4) is 0 Å². The molecule has 0 aliphatic rings. The van der Waals surface area contributed by atoms with Gasteiger partial charge >= 0.3 is 0 Å². The van der Waals surface area contributed by atoms with Crippen molar-refractivity contribution in [2.45, 2.75) is 25.3 Å². The summed E-state index contributed by atoms with van der Waals surface area (Å²) in [4.78, 5) is 0. The molecule has 1 nitrogen and oxygen atoms in total. The highest BCUT2D eigenvalue weighted by Crippen LogP contribution is 2.21. The molecule has 0 aliphatic heterocycles. The number of nitrogens with one attached hydrogen (secondary N) is 1. The fraction of sp³-hybridized carbons (Fsp3) is 0.385. The molecule has 0 saturated carbocycles. The molecular formula is C13H17F2N. The molecule has 1 N–H and O–H groups in total. The molecule has 0 saturated heterocycles. The fourth-order valence-electron chi connectivity index (χ4n) is 1.67. The third kappa shape index (κ3) is 3.42. The van der Waals surface area contributed by atoms with E-state index in [1.54, 1.807) is 6.07 Å². The van der Waals surface area contributed by atoms with Crippen molar-refractivity contribution in [2.75, 3.05) is 7.05 Å².